The lowest BCUT2D eigenvalue weighted by Gasteiger charge is -2.28. The Balaban J connectivity index is 1.33. The average Bonchev–Trinajstić information content (AvgIpc) is 3.43. The Bertz CT molecular complexity index is 827. The van der Waals surface area contributed by atoms with Gasteiger partial charge in [-0.1, -0.05) is 6.42 Å². The number of carbonyl (C=O) groups is 1. The van der Waals surface area contributed by atoms with Crippen molar-refractivity contribution >= 4 is 23.3 Å². The Kier molecular flexibility index (Phi) is 5.30. The van der Waals surface area contributed by atoms with Gasteiger partial charge in [0.05, 0.1) is 12.8 Å². The maximum Gasteiger partial charge on any atom is 0.244 e. The Morgan fingerprint density at radius 2 is 2.11 bits per heavy atom. The fraction of sp³-hybridized carbons (Fsp3) is 0.455. The van der Waals surface area contributed by atoms with E-state index in [2.05, 4.69) is 17.2 Å². The molecule has 0 unspecified atom stereocenters. The van der Waals surface area contributed by atoms with Gasteiger partial charge in [0.25, 0.3) is 0 Å². The van der Waals surface area contributed by atoms with Gasteiger partial charge in [0, 0.05) is 23.1 Å². The second kappa shape index (κ2) is 7.85. The summed E-state index contributed by atoms with van der Waals surface area (Å²) in [5.41, 5.74) is 1.86. The summed E-state index contributed by atoms with van der Waals surface area (Å²) in [4.78, 5) is 16.9. The quantitative estimate of drug-likeness (QED) is 0.732. The number of carbonyl (C=O) groups excluding carboxylic acids is 1. The zero-order valence-corrected chi connectivity index (χ0v) is 16.7. The van der Waals surface area contributed by atoms with Crippen LogP contribution in [0.15, 0.2) is 35.7 Å². The number of thiazole rings is 1. The normalized spacial score (nSPS) is 25.0. The van der Waals surface area contributed by atoms with Crippen molar-refractivity contribution in [2.24, 2.45) is 17.8 Å². The smallest absolute Gasteiger partial charge is 0.244 e. The molecule has 2 aliphatic carbocycles. The number of nitrogens with zero attached hydrogens (tertiary/aromatic N) is 1. The van der Waals surface area contributed by atoms with E-state index in [1.165, 1.54) is 25.7 Å². The van der Waals surface area contributed by atoms with Crippen molar-refractivity contribution < 1.29 is 9.53 Å². The summed E-state index contributed by atoms with van der Waals surface area (Å²) in [6.07, 6.45) is 8.80. The van der Waals surface area contributed by atoms with Crippen LogP contribution in [0.2, 0.25) is 0 Å². The maximum absolute atomic E-state index is 12.3. The van der Waals surface area contributed by atoms with Gasteiger partial charge >= 0.3 is 0 Å². The van der Waals surface area contributed by atoms with Crippen molar-refractivity contribution in [1.82, 2.24) is 10.3 Å². The van der Waals surface area contributed by atoms with Gasteiger partial charge in [-0.25, -0.2) is 4.98 Å². The number of ether oxygens (including phenoxy) is 1. The largest absolute Gasteiger partial charge is 0.497 e. The standard InChI is InChI=1S/C22H26N2O2S/c1-14(20-12-15-3-4-17(20)11-15)23-21(25)10-7-18-13-27-22(24-18)16-5-8-19(26-2)9-6-16/h5-10,13-15,17,20H,3-4,11-12H2,1-2H3,(H,23,25)/b10-7+/t14-,15+,17+,20-/m1/s1. The highest BCUT2D eigenvalue weighted by atomic mass is 32.1. The minimum absolute atomic E-state index is 0.0238. The minimum Gasteiger partial charge on any atom is -0.497 e. The van der Waals surface area contributed by atoms with E-state index in [0.29, 0.717) is 5.92 Å². The number of benzene rings is 1. The van der Waals surface area contributed by atoms with Crippen molar-refractivity contribution in [3.63, 3.8) is 0 Å². The lowest BCUT2D eigenvalue weighted by molar-refractivity contribution is -0.117. The van der Waals surface area contributed by atoms with E-state index in [4.69, 9.17) is 4.74 Å². The fourth-order valence-electron chi connectivity index (χ4n) is 4.68. The van der Waals surface area contributed by atoms with Gasteiger partial charge in [0.15, 0.2) is 0 Å². The summed E-state index contributed by atoms with van der Waals surface area (Å²) in [6, 6.07) is 8.10. The highest BCUT2D eigenvalue weighted by Gasteiger charge is 2.41. The van der Waals surface area contributed by atoms with E-state index in [1.54, 1.807) is 30.6 Å². The van der Waals surface area contributed by atoms with Crippen LogP contribution in [0.1, 0.15) is 38.3 Å². The molecule has 142 valence electrons. The lowest BCUT2D eigenvalue weighted by Crippen LogP contribution is -2.39. The molecule has 2 saturated carbocycles. The van der Waals surface area contributed by atoms with Crippen LogP contribution in [0, 0.1) is 17.8 Å². The monoisotopic (exact) mass is 382 g/mol. The Morgan fingerprint density at radius 3 is 2.78 bits per heavy atom. The topological polar surface area (TPSA) is 51.2 Å². The first-order valence-corrected chi connectivity index (χ1v) is 10.6. The number of rotatable bonds is 6. The summed E-state index contributed by atoms with van der Waals surface area (Å²) in [6.45, 7) is 2.15. The third-order valence-corrected chi connectivity index (χ3v) is 6.98. The van der Waals surface area contributed by atoms with Gasteiger partial charge in [0.2, 0.25) is 5.91 Å². The van der Waals surface area contributed by atoms with Crippen molar-refractivity contribution in [3.8, 4) is 16.3 Å². The molecule has 4 rings (SSSR count). The molecule has 1 heterocycles. The lowest BCUT2D eigenvalue weighted by atomic mass is 9.84. The molecule has 27 heavy (non-hydrogen) atoms. The summed E-state index contributed by atoms with van der Waals surface area (Å²) in [5.74, 6) is 3.18. The van der Waals surface area contributed by atoms with Crippen LogP contribution in [-0.4, -0.2) is 24.0 Å². The molecule has 1 amide bonds. The maximum atomic E-state index is 12.3. The van der Waals surface area contributed by atoms with E-state index in [9.17, 15) is 4.79 Å². The summed E-state index contributed by atoms with van der Waals surface area (Å²) < 4.78 is 5.19. The summed E-state index contributed by atoms with van der Waals surface area (Å²) in [5, 5.41) is 6.08. The fourth-order valence-corrected chi connectivity index (χ4v) is 5.47. The average molecular weight is 383 g/mol. The van der Waals surface area contributed by atoms with Gasteiger partial charge in [-0.2, -0.15) is 0 Å². The Labute approximate surface area is 164 Å². The van der Waals surface area contributed by atoms with E-state index in [0.717, 1.165) is 33.9 Å². The van der Waals surface area contributed by atoms with Crippen LogP contribution < -0.4 is 10.1 Å². The number of fused-ring (bicyclic) bond motifs is 2. The predicted octanol–water partition coefficient (Wildman–Crippen LogP) is 4.77. The molecule has 1 aromatic carbocycles. The van der Waals surface area contributed by atoms with Crippen molar-refractivity contribution in [3.05, 3.63) is 41.4 Å². The molecule has 2 aromatic rings. The highest BCUT2D eigenvalue weighted by molar-refractivity contribution is 7.13. The third kappa shape index (κ3) is 4.08. The molecule has 1 N–H and O–H groups in total. The van der Waals surface area contributed by atoms with Gasteiger partial charge in [-0.15, -0.1) is 11.3 Å². The molecule has 0 spiro atoms. The molecule has 2 fully saturated rings. The number of hydrogen-bond donors (Lipinski definition) is 1. The molecule has 5 heteroatoms. The van der Waals surface area contributed by atoms with Crippen LogP contribution in [0.3, 0.4) is 0 Å². The Hall–Kier alpha value is -2.14. The SMILES string of the molecule is COc1ccc(-c2nc(/C=C/C(=O)N[C@H](C)[C@H]3C[C@H]4CC[C@H]3C4)cs2)cc1. The predicted molar refractivity (Wildman–Crippen MR) is 110 cm³/mol. The van der Waals surface area contributed by atoms with Crippen LogP contribution in [0.5, 0.6) is 5.75 Å². The van der Waals surface area contributed by atoms with Crippen molar-refractivity contribution in [2.75, 3.05) is 7.11 Å². The molecular formula is C22H26N2O2S. The molecule has 0 aliphatic heterocycles. The van der Waals surface area contributed by atoms with Crippen molar-refractivity contribution in [1.29, 1.82) is 0 Å². The molecule has 4 nitrogen and oxygen atoms in total. The number of amides is 1. The number of methoxy groups -OCH3 is 1. The second-order valence-electron chi connectivity index (χ2n) is 7.78. The molecule has 0 saturated heterocycles. The molecular weight excluding hydrogens is 356 g/mol. The van der Waals surface area contributed by atoms with E-state index < -0.39 is 0 Å². The number of nitrogens with one attached hydrogen (secondary N) is 1. The van der Waals surface area contributed by atoms with E-state index in [1.807, 2.05) is 29.6 Å². The van der Waals surface area contributed by atoms with Crippen LogP contribution in [0.25, 0.3) is 16.6 Å². The molecule has 2 bridgehead atoms. The first-order valence-electron chi connectivity index (χ1n) is 9.71. The van der Waals surface area contributed by atoms with E-state index in [-0.39, 0.29) is 11.9 Å². The number of aromatic nitrogens is 1. The third-order valence-electron chi connectivity index (χ3n) is 6.07. The van der Waals surface area contributed by atoms with Gasteiger partial charge in [-0.3, -0.25) is 4.79 Å². The van der Waals surface area contributed by atoms with E-state index >= 15 is 0 Å². The zero-order valence-electron chi connectivity index (χ0n) is 15.9. The van der Waals surface area contributed by atoms with Crippen molar-refractivity contribution in [2.45, 2.75) is 38.6 Å². The summed E-state index contributed by atoms with van der Waals surface area (Å²) in [7, 11) is 1.66. The first kappa shape index (κ1) is 18.2. The summed E-state index contributed by atoms with van der Waals surface area (Å²) >= 11 is 1.58. The Morgan fingerprint density at radius 1 is 1.30 bits per heavy atom. The zero-order chi connectivity index (χ0) is 18.8. The van der Waals surface area contributed by atoms with Crippen LogP contribution in [0.4, 0.5) is 0 Å². The minimum atomic E-state index is -0.0238. The van der Waals surface area contributed by atoms with Gasteiger partial charge in [-0.05, 0) is 74.3 Å². The first-order chi connectivity index (χ1) is 13.1. The van der Waals surface area contributed by atoms with Gasteiger partial charge in [0.1, 0.15) is 10.8 Å². The van der Waals surface area contributed by atoms with Crippen LogP contribution >= 0.6 is 11.3 Å². The van der Waals surface area contributed by atoms with Crippen LogP contribution in [-0.2, 0) is 4.79 Å². The molecule has 1 aromatic heterocycles. The number of hydrogen-bond acceptors (Lipinski definition) is 4. The molecule has 0 radical (unpaired) electrons. The molecule has 2 aliphatic rings. The molecule has 4 atom stereocenters. The highest BCUT2D eigenvalue weighted by Crippen LogP contribution is 2.49. The second-order valence-corrected chi connectivity index (χ2v) is 8.63. The van der Waals surface area contributed by atoms with Gasteiger partial charge < -0.3 is 10.1 Å².